The van der Waals surface area contributed by atoms with E-state index in [1.165, 1.54) is 26.2 Å². The van der Waals surface area contributed by atoms with E-state index >= 15 is 0 Å². The van der Waals surface area contributed by atoms with E-state index in [4.69, 9.17) is 0 Å². The predicted molar refractivity (Wildman–Crippen MR) is 77.9 cm³/mol. The average molecular weight is 308 g/mol. The maximum atomic E-state index is 13.3. The first-order chi connectivity index (χ1) is 9.90. The SMILES string of the molecule is COC(=O)c1nc(Nc2cc(C)cc(F)c2)sc1C(C)=O. The summed E-state index contributed by atoms with van der Waals surface area (Å²) in [6.07, 6.45) is 0. The monoisotopic (exact) mass is 308 g/mol. The van der Waals surface area contributed by atoms with Crippen LogP contribution in [0.1, 0.15) is 32.6 Å². The first-order valence-electron chi connectivity index (χ1n) is 6.05. The number of benzene rings is 1. The molecule has 0 saturated heterocycles. The van der Waals surface area contributed by atoms with Crippen LogP contribution in [0.15, 0.2) is 18.2 Å². The number of esters is 1. The van der Waals surface area contributed by atoms with Gasteiger partial charge in [0, 0.05) is 12.6 Å². The normalized spacial score (nSPS) is 10.3. The molecule has 0 bridgehead atoms. The van der Waals surface area contributed by atoms with E-state index in [0.717, 1.165) is 16.9 Å². The molecule has 0 unspecified atom stereocenters. The number of methoxy groups -OCH3 is 1. The van der Waals surface area contributed by atoms with Crippen molar-refractivity contribution in [1.82, 2.24) is 4.98 Å². The number of carbonyl (C=O) groups is 2. The predicted octanol–water partition coefficient (Wildman–Crippen LogP) is 3.32. The average Bonchev–Trinajstić information content (AvgIpc) is 2.80. The van der Waals surface area contributed by atoms with Crippen LogP contribution in [-0.4, -0.2) is 23.8 Å². The number of rotatable bonds is 4. The van der Waals surface area contributed by atoms with Crippen molar-refractivity contribution in [2.75, 3.05) is 12.4 Å². The van der Waals surface area contributed by atoms with Gasteiger partial charge in [0.2, 0.25) is 0 Å². The highest BCUT2D eigenvalue weighted by Gasteiger charge is 2.21. The number of halogens is 1. The molecular weight excluding hydrogens is 295 g/mol. The molecule has 2 aromatic rings. The summed E-state index contributed by atoms with van der Waals surface area (Å²) < 4.78 is 17.9. The molecule has 0 saturated carbocycles. The molecule has 1 N–H and O–H groups in total. The van der Waals surface area contributed by atoms with E-state index < -0.39 is 5.97 Å². The Balaban J connectivity index is 2.36. The van der Waals surface area contributed by atoms with Gasteiger partial charge in [-0.2, -0.15) is 0 Å². The Hall–Kier alpha value is -2.28. The van der Waals surface area contributed by atoms with Gasteiger partial charge < -0.3 is 10.1 Å². The molecule has 0 fully saturated rings. The number of thiazole rings is 1. The molecule has 110 valence electrons. The van der Waals surface area contributed by atoms with Gasteiger partial charge in [-0.1, -0.05) is 11.3 Å². The molecule has 0 radical (unpaired) electrons. The lowest BCUT2D eigenvalue weighted by atomic mass is 10.2. The molecule has 0 aliphatic rings. The summed E-state index contributed by atoms with van der Waals surface area (Å²) in [4.78, 5) is 27.4. The smallest absolute Gasteiger partial charge is 0.358 e. The fourth-order valence-corrected chi connectivity index (χ4v) is 2.65. The zero-order valence-corrected chi connectivity index (χ0v) is 12.5. The molecular formula is C14H13FN2O3S. The number of hydrogen-bond donors (Lipinski definition) is 1. The van der Waals surface area contributed by atoms with Gasteiger partial charge in [0.1, 0.15) is 10.7 Å². The van der Waals surface area contributed by atoms with Crippen LogP contribution in [0, 0.1) is 12.7 Å². The van der Waals surface area contributed by atoms with Gasteiger partial charge in [0.25, 0.3) is 0 Å². The van der Waals surface area contributed by atoms with E-state index in [1.54, 1.807) is 13.0 Å². The first-order valence-corrected chi connectivity index (χ1v) is 6.86. The molecule has 0 spiro atoms. The molecule has 21 heavy (non-hydrogen) atoms. The van der Waals surface area contributed by atoms with Gasteiger partial charge in [-0.05, 0) is 30.7 Å². The largest absolute Gasteiger partial charge is 0.464 e. The van der Waals surface area contributed by atoms with E-state index in [-0.39, 0.29) is 22.2 Å². The lowest BCUT2D eigenvalue weighted by Gasteiger charge is -2.03. The summed E-state index contributed by atoms with van der Waals surface area (Å²) in [5.41, 5.74) is 1.20. The van der Waals surface area contributed by atoms with Crippen LogP contribution in [0.25, 0.3) is 0 Å². The number of anilines is 2. The fraction of sp³-hybridized carbons (Fsp3) is 0.214. The fourth-order valence-electron chi connectivity index (χ4n) is 1.78. The maximum absolute atomic E-state index is 13.3. The Morgan fingerprint density at radius 3 is 2.62 bits per heavy atom. The third kappa shape index (κ3) is 3.43. The number of carbonyl (C=O) groups excluding carboxylic acids is 2. The van der Waals surface area contributed by atoms with Crippen molar-refractivity contribution < 1.29 is 18.7 Å². The van der Waals surface area contributed by atoms with Crippen LogP contribution in [0.4, 0.5) is 15.2 Å². The summed E-state index contributed by atoms with van der Waals surface area (Å²) in [7, 11) is 1.22. The maximum Gasteiger partial charge on any atom is 0.358 e. The van der Waals surface area contributed by atoms with Crippen LogP contribution in [0.3, 0.4) is 0 Å². The molecule has 0 aliphatic heterocycles. The molecule has 0 amide bonds. The van der Waals surface area contributed by atoms with E-state index in [0.29, 0.717) is 10.8 Å². The Bertz CT molecular complexity index is 692. The van der Waals surface area contributed by atoms with Gasteiger partial charge in [-0.25, -0.2) is 14.2 Å². The van der Waals surface area contributed by atoms with Crippen LogP contribution >= 0.6 is 11.3 Å². The summed E-state index contributed by atoms with van der Waals surface area (Å²) in [5, 5.41) is 3.21. The van der Waals surface area contributed by atoms with Crippen LogP contribution in [0.5, 0.6) is 0 Å². The lowest BCUT2D eigenvalue weighted by Crippen LogP contribution is -2.07. The first kappa shape index (κ1) is 15.1. The summed E-state index contributed by atoms with van der Waals surface area (Å²) in [6.45, 7) is 3.10. The van der Waals surface area contributed by atoms with Crippen molar-refractivity contribution >= 4 is 33.9 Å². The van der Waals surface area contributed by atoms with E-state index in [9.17, 15) is 14.0 Å². The van der Waals surface area contributed by atoms with Crippen molar-refractivity contribution in [3.8, 4) is 0 Å². The molecule has 5 nitrogen and oxygen atoms in total. The van der Waals surface area contributed by atoms with Crippen molar-refractivity contribution in [3.05, 3.63) is 40.2 Å². The Morgan fingerprint density at radius 2 is 2.05 bits per heavy atom. The molecule has 0 atom stereocenters. The molecule has 2 rings (SSSR count). The molecule has 1 aromatic heterocycles. The van der Waals surface area contributed by atoms with Crippen LogP contribution in [0.2, 0.25) is 0 Å². The summed E-state index contributed by atoms with van der Waals surface area (Å²) >= 11 is 1.02. The minimum atomic E-state index is -0.681. The third-order valence-electron chi connectivity index (χ3n) is 2.62. The van der Waals surface area contributed by atoms with Crippen molar-refractivity contribution in [2.24, 2.45) is 0 Å². The number of hydrogen-bond acceptors (Lipinski definition) is 6. The number of Topliss-reactive ketones (excluding diaryl/α,β-unsaturated/α-hetero) is 1. The second-order valence-corrected chi connectivity index (χ2v) is 5.39. The Morgan fingerprint density at radius 1 is 1.33 bits per heavy atom. The standard InChI is InChI=1S/C14H13FN2O3S/c1-7-4-9(15)6-10(5-7)16-14-17-11(13(19)20-3)12(21-14)8(2)18/h4-6H,1-3H3,(H,16,17). The summed E-state index contributed by atoms with van der Waals surface area (Å²) in [5.74, 6) is -1.34. The zero-order chi connectivity index (χ0) is 15.6. The highest BCUT2D eigenvalue weighted by atomic mass is 32.1. The Kier molecular flexibility index (Phi) is 4.32. The highest BCUT2D eigenvalue weighted by molar-refractivity contribution is 7.17. The highest BCUT2D eigenvalue weighted by Crippen LogP contribution is 2.27. The zero-order valence-electron chi connectivity index (χ0n) is 11.7. The van der Waals surface area contributed by atoms with Gasteiger partial charge in [-0.3, -0.25) is 4.79 Å². The summed E-state index contributed by atoms with van der Waals surface area (Å²) in [6, 6.07) is 4.43. The number of aryl methyl sites for hydroxylation is 1. The minimum absolute atomic E-state index is 0.0365. The number of ketones is 1. The van der Waals surface area contributed by atoms with Gasteiger partial charge in [-0.15, -0.1) is 0 Å². The minimum Gasteiger partial charge on any atom is -0.464 e. The quantitative estimate of drug-likeness (QED) is 0.693. The Labute approximate surface area is 124 Å². The number of aromatic nitrogens is 1. The van der Waals surface area contributed by atoms with E-state index in [1.807, 2.05) is 0 Å². The topological polar surface area (TPSA) is 68.3 Å². The van der Waals surface area contributed by atoms with Gasteiger partial charge in [0.05, 0.1) is 7.11 Å². The molecule has 0 aliphatic carbocycles. The second kappa shape index (κ2) is 6.01. The van der Waals surface area contributed by atoms with Gasteiger partial charge in [0.15, 0.2) is 16.6 Å². The van der Waals surface area contributed by atoms with Crippen molar-refractivity contribution in [1.29, 1.82) is 0 Å². The molecule has 1 aromatic carbocycles. The number of nitrogens with one attached hydrogen (secondary N) is 1. The molecule has 7 heteroatoms. The van der Waals surface area contributed by atoms with Crippen LogP contribution in [-0.2, 0) is 4.74 Å². The lowest BCUT2D eigenvalue weighted by molar-refractivity contribution is 0.0591. The van der Waals surface area contributed by atoms with E-state index in [2.05, 4.69) is 15.0 Å². The van der Waals surface area contributed by atoms with Gasteiger partial charge >= 0.3 is 5.97 Å². The number of nitrogens with zero attached hydrogens (tertiary/aromatic N) is 1. The van der Waals surface area contributed by atoms with Crippen molar-refractivity contribution in [2.45, 2.75) is 13.8 Å². The number of ether oxygens (including phenoxy) is 1. The second-order valence-electron chi connectivity index (χ2n) is 4.39. The molecule has 1 heterocycles. The van der Waals surface area contributed by atoms with Crippen LogP contribution < -0.4 is 5.32 Å². The third-order valence-corrected chi connectivity index (χ3v) is 3.69. The van der Waals surface area contributed by atoms with Crippen molar-refractivity contribution in [3.63, 3.8) is 0 Å².